The maximum Gasteiger partial charge on any atom is 0.263 e. The lowest BCUT2D eigenvalue weighted by molar-refractivity contribution is 0.0957. The number of hydrogen-bond donors (Lipinski definition) is 1. The summed E-state index contributed by atoms with van der Waals surface area (Å²) in [5, 5.41) is 3.74. The molecule has 7 nitrogen and oxygen atoms in total. The van der Waals surface area contributed by atoms with E-state index in [0.29, 0.717) is 35.0 Å². The first kappa shape index (κ1) is 19.9. The van der Waals surface area contributed by atoms with Crippen LogP contribution in [-0.4, -0.2) is 41.0 Å². The van der Waals surface area contributed by atoms with Gasteiger partial charge in [0.25, 0.3) is 5.91 Å². The van der Waals surface area contributed by atoms with Gasteiger partial charge in [0, 0.05) is 30.9 Å². The number of amides is 1. The number of benzene rings is 1. The van der Waals surface area contributed by atoms with Gasteiger partial charge in [-0.05, 0) is 37.3 Å². The molecular formula is C22H22N4O3S. The molecule has 30 heavy (non-hydrogen) atoms. The first-order valence-electron chi connectivity index (χ1n) is 9.49. The average Bonchev–Trinajstić information content (AvgIpc) is 3.36. The third-order valence-electron chi connectivity index (χ3n) is 4.71. The van der Waals surface area contributed by atoms with E-state index >= 15 is 0 Å². The fourth-order valence-electron chi connectivity index (χ4n) is 3.19. The number of carbonyl (C=O) groups excluding carboxylic acids is 1. The molecule has 0 aliphatic rings. The molecule has 0 aliphatic heterocycles. The number of aromatic nitrogens is 3. The van der Waals surface area contributed by atoms with Gasteiger partial charge in [0.2, 0.25) is 0 Å². The molecule has 1 N–H and O–H groups in total. The van der Waals surface area contributed by atoms with Crippen LogP contribution in [0.5, 0.6) is 11.5 Å². The summed E-state index contributed by atoms with van der Waals surface area (Å²) in [6, 6.07) is 11.5. The van der Waals surface area contributed by atoms with Crippen LogP contribution < -0.4 is 14.8 Å². The van der Waals surface area contributed by atoms with Crippen LogP contribution in [0.4, 0.5) is 0 Å². The minimum atomic E-state index is -0.125. The van der Waals surface area contributed by atoms with E-state index in [4.69, 9.17) is 9.47 Å². The molecule has 4 rings (SSSR count). The highest BCUT2D eigenvalue weighted by molar-refractivity contribution is 7.17. The van der Waals surface area contributed by atoms with Crippen LogP contribution >= 0.6 is 11.3 Å². The highest BCUT2D eigenvalue weighted by Crippen LogP contribution is 2.34. The number of hydrogen-bond acceptors (Lipinski definition) is 6. The minimum Gasteiger partial charge on any atom is -0.493 e. The Balaban J connectivity index is 1.44. The summed E-state index contributed by atoms with van der Waals surface area (Å²) in [7, 11) is 3.19. The Morgan fingerprint density at radius 1 is 1.13 bits per heavy atom. The Kier molecular flexibility index (Phi) is 5.67. The topological polar surface area (TPSA) is 77.8 Å². The zero-order valence-corrected chi connectivity index (χ0v) is 17.8. The van der Waals surface area contributed by atoms with E-state index in [-0.39, 0.29) is 5.91 Å². The number of methoxy groups -OCH3 is 2. The van der Waals surface area contributed by atoms with Crippen LogP contribution in [0.2, 0.25) is 0 Å². The number of thiazole rings is 1. The van der Waals surface area contributed by atoms with Crippen molar-refractivity contribution >= 4 is 22.9 Å². The smallest absolute Gasteiger partial charge is 0.263 e. The van der Waals surface area contributed by atoms with Crippen molar-refractivity contribution in [2.24, 2.45) is 0 Å². The molecule has 8 heteroatoms. The maximum atomic E-state index is 12.7. The molecule has 0 bridgehead atoms. The Hall–Kier alpha value is -3.39. The fourth-order valence-corrected chi connectivity index (χ4v) is 4.17. The minimum absolute atomic E-state index is 0.125. The highest BCUT2D eigenvalue weighted by atomic mass is 32.1. The normalized spacial score (nSPS) is 10.9. The van der Waals surface area contributed by atoms with Crippen molar-refractivity contribution in [1.82, 2.24) is 19.7 Å². The third kappa shape index (κ3) is 3.99. The molecule has 3 heterocycles. The molecule has 1 amide bonds. The van der Waals surface area contributed by atoms with Gasteiger partial charge in [-0.1, -0.05) is 6.07 Å². The third-order valence-corrected chi connectivity index (χ3v) is 5.92. The lowest BCUT2D eigenvalue weighted by Crippen LogP contribution is -2.25. The van der Waals surface area contributed by atoms with Crippen LogP contribution in [0, 0.1) is 6.92 Å². The summed E-state index contributed by atoms with van der Waals surface area (Å²) in [6.07, 6.45) is 4.60. The molecule has 0 unspecified atom stereocenters. The average molecular weight is 423 g/mol. The maximum absolute atomic E-state index is 12.7. The van der Waals surface area contributed by atoms with E-state index in [1.165, 1.54) is 11.3 Å². The molecule has 4 aromatic rings. The van der Waals surface area contributed by atoms with Crippen molar-refractivity contribution in [2.75, 3.05) is 20.8 Å². The Morgan fingerprint density at radius 3 is 2.73 bits per heavy atom. The van der Waals surface area contributed by atoms with Gasteiger partial charge < -0.3 is 19.2 Å². The Bertz CT molecular complexity index is 1170. The number of rotatable bonds is 7. The van der Waals surface area contributed by atoms with Gasteiger partial charge in [-0.3, -0.25) is 4.79 Å². The van der Waals surface area contributed by atoms with Crippen molar-refractivity contribution in [3.8, 4) is 22.1 Å². The second-order valence-electron chi connectivity index (χ2n) is 6.71. The second kappa shape index (κ2) is 8.54. The number of aryl methyl sites for hydroxylation is 1. The predicted octanol–water partition coefficient (Wildman–Crippen LogP) is 3.76. The molecule has 0 radical (unpaired) electrons. The molecule has 154 valence electrons. The number of pyridine rings is 1. The van der Waals surface area contributed by atoms with Crippen molar-refractivity contribution in [3.05, 3.63) is 65.1 Å². The second-order valence-corrected chi connectivity index (χ2v) is 7.71. The van der Waals surface area contributed by atoms with Crippen LogP contribution in [0.1, 0.15) is 21.1 Å². The van der Waals surface area contributed by atoms with Crippen LogP contribution in [0.15, 0.2) is 48.8 Å². The summed E-state index contributed by atoms with van der Waals surface area (Å²) < 4.78 is 12.6. The molecule has 0 aliphatic carbocycles. The molecule has 0 saturated heterocycles. The number of carbonyl (C=O) groups is 1. The van der Waals surface area contributed by atoms with Gasteiger partial charge in [-0.15, -0.1) is 11.3 Å². The van der Waals surface area contributed by atoms with E-state index in [9.17, 15) is 4.79 Å². The first-order valence-corrected chi connectivity index (χ1v) is 10.3. The molecule has 0 atom stereocenters. The summed E-state index contributed by atoms with van der Waals surface area (Å²) >= 11 is 1.36. The monoisotopic (exact) mass is 422 g/mol. The standard InChI is InChI=1S/C22H22N4O3S/c1-14-20(30-22(24-14)15-7-8-17(28-2)18(12-15)29-3)21(27)23-10-9-16-13-26-11-5-4-6-19(26)25-16/h4-8,11-13H,9-10H2,1-3H3,(H,23,27). The van der Waals surface area contributed by atoms with Crippen LogP contribution in [-0.2, 0) is 6.42 Å². The van der Waals surface area contributed by atoms with Crippen molar-refractivity contribution < 1.29 is 14.3 Å². The van der Waals surface area contributed by atoms with Crippen LogP contribution in [0.3, 0.4) is 0 Å². The Morgan fingerprint density at radius 2 is 1.97 bits per heavy atom. The van der Waals surface area contributed by atoms with Gasteiger partial charge in [0.1, 0.15) is 15.5 Å². The molecule has 1 aromatic carbocycles. The van der Waals surface area contributed by atoms with Gasteiger partial charge in [0.15, 0.2) is 11.5 Å². The largest absolute Gasteiger partial charge is 0.493 e. The summed E-state index contributed by atoms with van der Waals surface area (Å²) in [6.45, 7) is 2.35. The number of nitrogens with one attached hydrogen (secondary N) is 1. The summed E-state index contributed by atoms with van der Waals surface area (Å²) in [4.78, 5) is 22.4. The SMILES string of the molecule is COc1ccc(-c2nc(C)c(C(=O)NCCc3cn4ccccc4n3)s2)cc1OC. The number of nitrogens with zero attached hydrogens (tertiary/aromatic N) is 3. The van der Waals surface area contributed by atoms with Crippen LogP contribution in [0.25, 0.3) is 16.2 Å². The Labute approximate surface area is 178 Å². The predicted molar refractivity (Wildman–Crippen MR) is 117 cm³/mol. The van der Waals surface area contributed by atoms with E-state index in [1.807, 2.05) is 60.1 Å². The van der Waals surface area contributed by atoms with Gasteiger partial charge in [-0.25, -0.2) is 9.97 Å². The van der Waals surface area contributed by atoms with E-state index in [2.05, 4.69) is 15.3 Å². The zero-order valence-electron chi connectivity index (χ0n) is 17.0. The van der Waals surface area contributed by atoms with E-state index < -0.39 is 0 Å². The van der Waals surface area contributed by atoms with Gasteiger partial charge in [0.05, 0.1) is 25.6 Å². The van der Waals surface area contributed by atoms with E-state index in [0.717, 1.165) is 21.9 Å². The molecule has 0 saturated carbocycles. The number of fused-ring (bicyclic) bond motifs is 1. The summed E-state index contributed by atoms with van der Waals surface area (Å²) in [5.41, 5.74) is 3.42. The van der Waals surface area contributed by atoms with Gasteiger partial charge >= 0.3 is 0 Å². The molecule has 3 aromatic heterocycles. The molecular weight excluding hydrogens is 400 g/mol. The zero-order chi connectivity index (χ0) is 21.1. The first-order chi connectivity index (χ1) is 14.6. The van der Waals surface area contributed by atoms with Crippen molar-refractivity contribution in [1.29, 1.82) is 0 Å². The highest BCUT2D eigenvalue weighted by Gasteiger charge is 2.17. The number of ether oxygens (including phenoxy) is 2. The fraction of sp³-hybridized carbons (Fsp3) is 0.227. The van der Waals surface area contributed by atoms with Gasteiger partial charge in [-0.2, -0.15) is 0 Å². The number of imidazole rings is 1. The quantitative estimate of drug-likeness (QED) is 0.491. The summed E-state index contributed by atoms with van der Waals surface area (Å²) in [5.74, 6) is 1.15. The molecule has 0 fully saturated rings. The lowest BCUT2D eigenvalue weighted by Gasteiger charge is -2.08. The van der Waals surface area contributed by atoms with Crippen molar-refractivity contribution in [2.45, 2.75) is 13.3 Å². The van der Waals surface area contributed by atoms with Crippen molar-refractivity contribution in [3.63, 3.8) is 0 Å². The lowest BCUT2D eigenvalue weighted by atomic mass is 10.2. The molecule has 0 spiro atoms. The van der Waals surface area contributed by atoms with E-state index in [1.54, 1.807) is 14.2 Å².